The topological polar surface area (TPSA) is 49.9 Å². The Balaban J connectivity index is 2.52. The highest BCUT2D eigenvalue weighted by Gasteiger charge is 2.51. The zero-order chi connectivity index (χ0) is 18.3. The number of benzene rings is 1. The van der Waals surface area contributed by atoms with E-state index in [1.807, 2.05) is 0 Å². The molecule has 0 aromatic heterocycles. The van der Waals surface area contributed by atoms with Crippen molar-refractivity contribution >= 4 is 23.4 Å². The maximum Gasteiger partial charge on any atom is 0.471 e. The average molecular weight is 342 g/mol. The molecule has 0 saturated heterocycles. The van der Waals surface area contributed by atoms with Crippen molar-refractivity contribution in [1.29, 1.82) is 0 Å². The van der Waals surface area contributed by atoms with Gasteiger partial charge in [0.2, 0.25) is 0 Å². The second kappa shape index (κ2) is 5.85. The van der Waals surface area contributed by atoms with Gasteiger partial charge in [-0.3, -0.25) is 14.6 Å². The standard InChI is InChI=1S/C16H17F3N2O3/c1-5-12-20(13(22)16(17,18)19)10-8-6-7-9-11(10)21(12)14(23)24-15(2,3)4/h5-9,12H,1H2,2-4H3. The molecular weight excluding hydrogens is 325 g/mol. The van der Waals surface area contributed by atoms with Gasteiger partial charge in [0, 0.05) is 0 Å². The Morgan fingerprint density at radius 2 is 1.62 bits per heavy atom. The van der Waals surface area contributed by atoms with Gasteiger partial charge in [-0.15, -0.1) is 0 Å². The molecule has 0 N–H and O–H groups in total. The molecule has 2 amide bonds. The molecule has 8 heteroatoms. The van der Waals surface area contributed by atoms with E-state index in [-0.39, 0.29) is 11.4 Å². The Kier molecular flexibility index (Phi) is 4.34. The summed E-state index contributed by atoms with van der Waals surface area (Å²) in [6.45, 7) is 8.36. The molecule has 1 aromatic rings. The fourth-order valence-corrected chi connectivity index (χ4v) is 2.37. The molecule has 1 unspecified atom stereocenters. The van der Waals surface area contributed by atoms with Gasteiger partial charge in [0.05, 0.1) is 11.4 Å². The summed E-state index contributed by atoms with van der Waals surface area (Å²) in [5.41, 5.74) is -0.732. The fourth-order valence-electron chi connectivity index (χ4n) is 2.37. The van der Waals surface area contributed by atoms with Crippen molar-refractivity contribution in [2.75, 3.05) is 9.80 Å². The number of carbonyl (C=O) groups is 2. The Labute approximate surface area is 137 Å². The summed E-state index contributed by atoms with van der Waals surface area (Å²) in [6, 6.07) is 5.81. The van der Waals surface area contributed by atoms with Crippen LogP contribution in [0.15, 0.2) is 36.9 Å². The van der Waals surface area contributed by atoms with Gasteiger partial charge >= 0.3 is 18.2 Å². The number of carbonyl (C=O) groups excluding carboxylic acids is 2. The Bertz CT molecular complexity index is 680. The highest BCUT2D eigenvalue weighted by atomic mass is 19.4. The van der Waals surface area contributed by atoms with Crippen molar-refractivity contribution in [2.45, 2.75) is 38.7 Å². The minimum absolute atomic E-state index is 0.0319. The fraction of sp³-hybridized carbons (Fsp3) is 0.375. The van der Waals surface area contributed by atoms with Gasteiger partial charge < -0.3 is 4.74 Å². The zero-order valence-electron chi connectivity index (χ0n) is 13.4. The van der Waals surface area contributed by atoms with E-state index < -0.39 is 29.9 Å². The number of amides is 2. The summed E-state index contributed by atoms with van der Waals surface area (Å²) in [4.78, 5) is 25.7. The molecular formula is C16H17F3N2O3. The first-order valence-corrected chi connectivity index (χ1v) is 7.11. The highest BCUT2D eigenvalue weighted by Crippen LogP contribution is 2.42. The summed E-state index contributed by atoms with van der Waals surface area (Å²) in [5, 5.41) is 0. The van der Waals surface area contributed by atoms with Crippen LogP contribution in [0, 0.1) is 0 Å². The van der Waals surface area contributed by atoms with Gasteiger partial charge in [0.15, 0.2) is 0 Å². The molecule has 130 valence electrons. The van der Waals surface area contributed by atoms with E-state index in [4.69, 9.17) is 4.74 Å². The predicted octanol–water partition coefficient (Wildman–Crippen LogP) is 3.85. The average Bonchev–Trinajstić information content (AvgIpc) is 2.77. The van der Waals surface area contributed by atoms with Crippen LogP contribution in [0.4, 0.5) is 29.3 Å². The lowest BCUT2D eigenvalue weighted by Crippen LogP contribution is -2.52. The van der Waals surface area contributed by atoms with Gasteiger partial charge in [0.1, 0.15) is 11.8 Å². The van der Waals surface area contributed by atoms with E-state index in [2.05, 4.69) is 6.58 Å². The smallest absolute Gasteiger partial charge is 0.443 e. The van der Waals surface area contributed by atoms with Crippen LogP contribution in [-0.4, -0.2) is 29.9 Å². The van der Waals surface area contributed by atoms with Crippen LogP contribution < -0.4 is 9.80 Å². The maximum absolute atomic E-state index is 12.9. The molecule has 1 atom stereocenters. The number of anilines is 2. The summed E-state index contributed by atoms with van der Waals surface area (Å²) in [5.74, 6) is -2.08. The molecule has 0 saturated carbocycles. The number of nitrogens with zero attached hydrogens (tertiary/aromatic N) is 2. The van der Waals surface area contributed by atoms with Crippen molar-refractivity contribution in [3.63, 3.8) is 0 Å². The third-order valence-corrected chi connectivity index (χ3v) is 3.19. The number of halogens is 3. The Hall–Kier alpha value is -2.51. The molecule has 24 heavy (non-hydrogen) atoms. The predicted molar refractivity (Wildman–Crippen MR) is 82.7 cm³/mol. The quantitative estimate of drug-likeness (QED) is 0.729. The van der Waals surface area contributed by atoms with E-state index in [1.54, 1.807) is 26.8 Å². The molecule has 0 bridgehead atoms. The second-order valence-electron chi connectivity index (χ2n) is 6.16. The lowest BCUT2D eigenvalue weighted by atomic mass is 10.2. The molecule has 2 rings (SSSR count). The zero-order valence-corrected chi connectivity index (χ0v) is 13.4. The summed E-state index contributed by atoms with van der Waals surface area (Å²) in [7, 11) is 0. The lowest BCUT2D eigenvalue weighted by molar-refractivity contribution is -0.170. The van der Waals surface area contributed by atoms with Crippen molar-refractivity contribution in [1.82, 2.24) is 0 Å². The highest BCUT2D eigenvalue weighted by molar-refractivity contribution is 6.08. The monoisotopic (exact) mass is 342 g/mol. The van der Waals surface area contributed by atoms with Gasteiger partial charge in [-0.05, 0) is 39.0 Å². The van der Waals surface area contributed by atoms with Gasteiger partial charge in [-0.1, -0.05) is 18.7 Å². The minimum atomic E-state index is -5.09. The summed E-state index contributed by atoms with van der Waals surface area (Å²) < 4.78 is 44.1. The van der Waals surface area contributed by atoms with E-state index >= 15 is 0 Å². The van der Waals surface area contributed by atoms with Crippen molar-refractivity contribution < 1.29 is 27.5 Å². The molecule has 5 nitrogen and oxygen atoms in total. The van der Waals surface area contributed by atoms with Gasteiger partial charge in [0.25, 0.3) is 0 Å². The van der Waals surface area contributed by atoms with E-state index in [0.717, 1.165) is 11.0 Å². The summed E-state index contributed by atoms with van der Waals surface area (Å²) >= 11 is 0. The van der Waals surface area contributed by atoms with E-state index in [9.17, 15) is 22.8 Å². The number of alkyl halides is 3. The molecule has 0 spiro atoms. The van der Waals surface area contributed by atoms with Crippen LogP contribution >= 0.6 is 0 Å². The molecule has 1 aromatic carbocycles. The Morgan fingerprint density at radius 3 is 2.04 bits per heavy atom. The SMILES string of the molecule is C=CC1N(C(=O)OC(C)(C)C)c2ccccc2N1C(=O)C(F)(F)F. The lowest BCUT2D eigenvalue weighted by Gasteiger charge is -2.30. The number of para-hydroxylation sites is 2. The van der Waals surface area contributed by atoms with Crippen LogP contribution in [0.1, 0.15) is 20.8 Å². The minimum Gasteiger partial charge on any atom is -0.443 e. The van der Waals surface area contributed by atoms with Crippen LogP contribution in [0.2, 0.25) is 0 Å². The van der Waals surface area contributed by atoms with Crippen molar-refractivity contribution in [3.8, 4) is 0 Å². The van der Waals surface area contributed by atoms with E-state index in [1.165, 1.54) is 18.2 Å². The second-order valence-corrected chi connectivity index (χ2v) is 6.16. The van der Waals surface area contributed by atoms with E-state index in [0.29, 0.717) is 4.90 Å². The molecule has 1 aliphatic heterocycles. The largest absolute Gasteiger partial charge is 0.471 e. The van der Waals surface area contributed by atoms with Crippen LogP contribution in [0.5, 0.6) is 0 Å². The number of ether oxygens (including phenoxy) is 1. The number of rotatable bonds is 1. The van der Waals surface area contributed by atoms with Crippen molar-refractivity contribution in [3.05, 3.63) is 36.9 Å². The molecule has 1 heterocycles. The third-order valence-electron chi connectivity index (χ3n) is 3.19. The van der Waals surface area contributed by atoms with Crippen LogP contribution in [-0.2, 0) is 9.53 Å². The first kappa shape index (κ1) is 17.8. The summed E-state index contributed by atoms with van der Waals surface area (Å²) in [6.07, 6.45) is -6.19. The molecule has 1 aliphatic rings. The molecule has 0 aliphatic carbocycles. The third kappa shape index (κ3) is 3.22. The van der Waals surface area contributed by atoms with Gasteiger partial charge in [-0.25, -0.2) is 4.79 Å². The number of fused-ring (bicyclic) bond motifs is 1. The first-order chi connectivity index (χ1) is 11.0. The molecule has 0 fully saturated rings. The van der Waals surface area contributed by atoms with Crippen LogP contribution in [0.3, 0.4) is 0 Å². The maximum atomic E-state index is 12.9. The number of hydrogen-bond donors (Lipinski definition) is 0. The number of hydrogen-bond acceptors (Lipinski definition) is 3. The van der Waals surface area contributed by atoms with Crippen LogP contribution in [0.25, 0.3) is 0 Å². The van der Waals surface area contributed by atoms with Gasteiger partial charge in [-0.2, -0.15) is 13.2 Å². The first-order valence-electron chi connectivity index (χ1n) is 7.11. The van der Waals surface area contributed by atoms with Crippen molar-refractivity contribution in [2.24, 2.45) is 0 Å². The molecule has 0 radical (unpaired) electrons. The normalized spacial score (nSPS) is 17.5. The Morgan fingerprint density at radius 1 is 1.12 bits per heavy atom.